The summed E-state index contributed by atoms with van der Waals surface area (Å²) >= 11 is 0. The lowest BCUT2D eigenvalue weighted by Gasteiger charge is -2.14. The van der Waals surface area contributed by atoms with Gasteiger partial charge in [-0.1, -0.05) is 12.1 Å². The van der Waals surface area contributed by atoms with Crippen molar-refractivity contribution >= 4 is 17.3 Å². The molecule has 7 heteroatoms. The van der Waals surface area contributed by atoms with Crippen molar-refractivity contribution < 1.29 is 13.9 Å². The van der Waals surface area contributed by atoms with E-state index in [-0.39, 0.29) is 5.82 Å². The summed E-state index contributed by atoms with van der Waals surface area (Å²) in [5, 5.41) is 6.47. The van der Waals surface area contributed by atoms with Gasteiger partial charge in [-0.15, -0.1) is 0 Å². The van der Waals surface area contributed by atoms with Crippen molar-refractivity contribution in [3.8, 4) is 11.5 Å². The number of benzene rings is 2. The first-order valence-electron chi connectivity index (χ1n) is 8.40. The van der Waals surface area contributed by atoms with E-state index in [0.29, 0.717) is 35.5 Å². The summed E-state index contributed by atoms with van der Waals surface area (Å²) < 4.78 is 23.7. The molecule has 1 heterocycles. The first-order chi connectivity index (χ1) is 13.1. The third-order valence-corrected chi connectivity index (χ3v) is 3.89. The van der Waals surface area contributed by atoms with E-state index in [4.69, 9.17) is 9.47 Å². The van der Waals surface area contributed by atoms with E-state index in [1.54, 1.807) is 32.4 Å². The standard InChI is InChI=1S/C20H21FN4O2/c1-13-23-19(22-12-14-4-6-15(21)7-5-14)11-20(24-13)25-17-10-16(26-2)8-9-18(17)27-3/h4-11H,12H2,1-3H3,(H2,22,23,24,25). The second-order valence-electron chi connectivity index (χ2n) is 5.86. The minimum atomic E-state index is -0.254. The lowest BCUT2D eigenvalue weighted by Crippen LogP contribution is -2.05. The lowest BCUT2D eigenvalue weighted by molar-refractivity contribution is 0.405. The van der Waals surface area contributed by atoms with Gasteiger partial charge in [-0.05, 0) is 36.8 Å². The van der Waals surface area contributed by atoms with Gasteiger partial charge < -0.3 is 20.1 Å². The maximum atomic E-state index is 13.0. The molecule has 3 rings (SSSR count). The fourth-order valence-electron chi connectivity index (χ4n) is 2.57. The van der Waals surface area contributed by atoms with E-state index < -0.39 is 0 Å². The third kappa shape index (κ3) is 4.84. The first kappa shape index (κ1) is 18.4. The highest BCUT2D eigenvalue weighted by Gasteiger charge is 2.08. The van der Waals surface area contributed by atoms with Gasteiger partial charge in [-0.2, -0.15) is 0 Å². The van der Waals surface area contributed by atoms with Crippen molar-refractivity contribution in [1.82, 2.24) is 9.97 Å². The number of methoxy groups -OCH3 is 2. The first-order valence-corrected chi connectivity index (χ1v) is 8.40. The van der Waals surface area contributed by atoms with Crippen LogP contribution in [0.1, 0.15) is 11.4 Å². The molecule has 0 atom stereocenters. The second-order valence-corrected chi connectivity index (χ2v) is 5.86. The summed E-state index contributed by atoms with van der Waals surface area (Å²) in [6.07, 6.45) is 0. The van der Waals surface area contributed by atoms with Crippen molar-refractivity contribution in [2.24, 2.45) is 0 Å². The Bertz CT molecular complexity index is 916. The van der Waals surface area contributed by atoms with Crippen LogP contribution >= 0.6 is 0 Å². The van der Waals surface area contributed by atoms with Crippen LogP contribution in [-0.2, 0) is 6.54 Å². The van der Waals surface area contributed by atoms with Crippen LogP contribution < -0.4 is 20.1 Å². The zero-order valence-electron chi connectivity index (χ0n) is 15.4. The Morgan fingerprint density at radius 3 is 2.37 bits per heavy atom. The molecule has 0 bridgehead atoms. The predicted octanol–water partition coefficient (Wildman–Crippen LogP) is 4.30. The van der Waals surface area contributed by atoms with Crippen LogP contribution in [-0.4, -0.2) is 24.2 Å². The Kier molecular flexibility index (Phi) is 5.71. The molecule has 2 aromatic carbocycles. The number of anilines is 3. The molecule has 0 unspecified atom stereocenters. The molecule has 1 aromatic heterocycles. The normalized spacial score (nSPS) is 10.4. The molecule has 0 fully saturated rings. The molecule has 0 amide bonds. The Hall–Kier alpha value is -3.35. The number of rotatable bonds is 7. The van der Waals surface area contributed by atoms with Gasteiger partial charge in [0.25, 0.3) is 0 Å². The van der Waals surface area contributed by atoms with E-state index in [0.717, 1.165) is 11.3 Å². The molecule has 27 heavy (non-hydrogen) atoms. The van der Waals surface area contributed by atoms with Crippen LogP contribution in [0.3, 0.4) is 0 Å². The average Bonchev–Trinajstić information content (AvgIpc) is 2.67. The van der Waals surface area contributed by atoms with E-state index in [2.05, 4.69) is 20.6 Å². The van der Waals surface area contributed by atoms with Gasteiger partial charge in [-0.25, -0.2) is 14.4 Å². The molecule has 2 N–H and O–H groups in total. The Balaban J connectivity index is 1.78. The predicted molar refractivity (Wildman–Crippen MR) is 103 cm³/mol. The number of nitrogens with one attached hydrogen (secondary N) is 2. The average molecular weight is 368 g/mol. The molecule has 0 aliphatic rings. The van der Waals surface area contributed by atoms with Crippen molar-refractivity contribution in [2.75, 3.05) is 24.9 Å². The monoisotopic (exact) mass is 368 g/mol. The van der Waals surface area contributed by atoms with Crippen molar-refractivity contribution in [3.05, 3.63) is 65.7 Å². The quantitative estimate of drug-likeness (QED) is 0.648. The van der Waals surface area contributed by atoms with Gasteiger partial charge in [0.2, 0.25) is 0 Å². The summed E-state index contributed by atoms with van der Waals surface area (Å²) in [6.45, 7) is 2.34. The van der Waals surface area contributed by atoms with Crippen molar-refractivity contribution in [3.63, 3.8) is 0 Å². The van der Waals surface area contributed by atoms with Crippen LogP contribution in [0.2, 0.25) is 0 Å². The van der Waals surface area contributed by atoms with Crippen molar-refractivity contribution in [2.45, 2.75) is 13.5 Å². The Morgan fingerprint density at radius 1 is 0.926 bits per heavy atom. The highest BCUT2D eigenvalue weighted by atomic mass is 19.1. The number of aryl methyl sites for hydroxylation is 1. The zero-order chi connectivity index (χ0) is 19.2. The molecule has 3 aromatic rings. The van der Waals surface area contributed by atoms with Crippen LogP contribution in [0, 0.1) is 12.7 Å². The SMILES string of the molecule is COc1ccc(OC)c(Nc2cc(NCc3ccc(F)cc3)nc(C)n2)c1. The molecule has 0 aliphatic carbocycles. The third-order valence-electron chi connectivity index (χ3n) is 3.89. The Labute approximate surface area is 157 Å². The number of hydrogen-bond donors (Lipinski definition) is 2. The number of aromatic nitrogens is 2. The molecule has 140 valence electrons. The van der Waals surface area contributed by atoms with Gasteiger partial charge >= 0.3 is 0 Å². The fraction of sp³-hybridized carbons (Fsp3) is 0.200. The molecule has 0 saturated carbocycles. The smallest absolute Gasteiger partial charge is 0.142 e. The molecule has 0 spiro atoms. The topological polar surface area (TPSA) is 68.3 Å². The van der Waals surface area contributed by atoms with Crippen LogP contribution in [0.5, 0.6) is 11.5 Å². The van der Waals surface area contributed by atoms with Crippen LogP contribution in [0.15, 0.2) is 48.5 Å². The summed E-state index contributed by atoms with van der Waals surface area (Å²) in [5.74, 6) is 3.03. The molecule has 0 radical (unpaired) electrons. The van der Waals surface area contributed by atoms with E-state index >= 15 is 0 Å². The van der Waals surface area contributed by atoms with Gasteiger partial charge in [0.15, 0.2) is 0 Å². The van der Waals surface area contributed by atoms with E-state index in [9.17, 15) is 4.39 Å². The minimum Gasteiger partial charge on any atom is -0.497 e. The Morgan fingerprint density at radius 2 is 1.67 bits per heavy atom. The summed E-state index contributed by atoms with van der Waals surface area (Å²) in [7, 11) is 3.21. The van der Waals surface area contributed by atoms with Crippen LogP contribution in [0.4, 0.5) is 21.7 Å². The highest BCUT2D eigenvalue weighted by molar-refractivity contribution is 5.67. The number of halogens is 1. The fourth-order valence-corrected chi connectivity index (χ4v) is 2.57. The number of ether oxygens (including phenoxy) is 2. The van der Waals surface area contributed by atoms with E-state index in [1.807, 2.05) is 25.1 Å². The summed E-state index contributed by atoms with van der Waals surface area (Å²) in [4.78, 5) is 8.81. The zero-order valence-corrected chi connectivity index (χ0v) is 15.4. The van der Waals surface area contributed by atoms with E-state index in [1.165, 1.54) is 12.1 Å². The summed E-state index contributed by atoms with van der Waals surface area (Å²) in [6, 6.07) is 13.6. The highest BCUT2D eigenvalue weighted by Crippen LogP contribution is 2.31. The molecular weight excluding hydrogens is 347 g/mol. The maximum Gasteiger partial charge on any atom is 0.142 e. The molecule has 6 nitrogen and oxygen atoms in total. The van der Waals surface area contributed by atoms with Crippen molar-refractivity contribution in [1.29, 1.82) is 0 Å². The molecule has 0 aliphatic heterocycles. The lowest BCUT2D eigenvalue weighted by atomic mass is 10.2. The molecular formula is C20H21FN4O2. The number of nitrogens with zero attached hydrogens (tertiary/aromatic N) is 2. The van der Waals surface area contributed by atoms with Gasteiger partial charge in [0, 0.05) is 18.7 Å². The minimum absolute atomic E-state index is 0.254. The number of hydrogen-bond acceptors (Lipinski definition) is 6. The molecule has 0 saturated heterocycles. The largest absolute Gasteiger partial charge is 0.497 e. The summed E-state index contributed by atoms with van der Waals surface area (Å²) in [5.41, 5.74) is 1.69. The van der Waals surface area contributed by atoms with Gasteiger partial charge in [0.1, 0.15) is 34.8 Å². The van der Waals surface area contributed by atoms with Crippen LogP contribution in [0.25, 0.3) is 0 Å². The maximum absolute atomic E-state index is 13.0. The van der Waals surface area contributed by atoms with Gasteiger partial charge in [-0.3, -0.25) is 0 Å². The van der Waals surface area contributed by atoms with Gasteiger partial charge in [0.05, 0.1) is 19.9 Å². The second kappa shape index (κ2) is 8.35.